The summed E-state index contributed by atoms with van der Waals surface area (Å²) in [7, 11) is -0.879. The summed E-state index contributed by atoms with van der Waals surface area (Å²) in [5.74, 6) is 0.365. The van der Waals surface area contributed by atoms with Crippen LogP contribution in [0.15, 0.2) is 30.3 Å². The molecule has 0 bridgehead atoms. The van der Waals surface area contributed by atoms with Crippen LogP contribution in [0.4, 0.5) is 0 Å². The molecule has 0 radical (unpaired) electrons. The molecule has 0 spiro atoms. The highest BCUT2D eigenvalue weighted by Gasteiger charge is 2.02. The van der Waals surface area contributed by atoms with Crippen LogP contribution in [0.3, 0.4) is 0 Å². The van der Waals surface area contributed by atoms with Crippen LogP contribution in [0.25, 0.3) is 0 Å². The van der Waals surface area contributed by atoms with Crippen LogP contribution < -0.4 is 0 Å². The van der Waals surface area contributed by atoms with Crippen LogP contribution in [-0.2, 0) is 21.3 Å². The molecule has 0 heterocycles. The van der Waals surface area contributed by atoms with Crippen LogP contribution in [-0.4, -0.2) is 21.0 Å². The Morgan fingerprint density at radius 3 is 2.50 bits per heavy atom. The topological polar surface area (TPSA) is 54.4 Å². The van der Waals surface area contributed by atoms with Gasteiger partial charge in [-0.2, -0.15) is 0 Å². The van der Waals surface area contributed by atoms with Crippen LogP contribution >= 0.6 is 0 Å². The second kappa shape index (κ2) is 7.17. The molecule has 0 aromatic heterocycles. The van der Waals surface area contributed by atoms with Gasteiger partial charge in [0.1, 0.15) is 0 Å². The maximum absolute atomic E-state index is 11.6. The van der Waals surface area contributed by atoms with Crippen molar-refractivity contribution < 1.29 is 14.1 Å². The molecule has 3 nitrogen and oxygen atoms in total. The Morgan fingerprint density at radius 2 is 1.88 bits per heavy atom. The van der Waals surface area contributed by atoms with E-state index in [9.17, 15) is 9.00 Å². The van der Waals surface area contributed by atoms with Crippen LogP contribution in [0.1, 0.15) is 24.8 Å². The predicted octanol–water partition coefficient (Wildman–Crippen LogP) is 2.19. The molecule has 1 atom stereocenters. The van der Waals surface area contributed by atoms with Crippen LogP contribution in [0, 0.1) is 0 Å². The molecule has 1 aromatic rings. The smallest absolute Gasteiger partial charge is 0.303 e. The van der Waals surface area contributed by atoms with E-state index in [4.69, 9.17) is 5.11 Å². The number of hydrogen-bond donors (Lipinski definition) is 1. The van der Waals surface area contributed by atoms with E-state index in [0.717, 1.165) is 5.56 Å². The van der Waals surface area contributed by atoms with Gasteiger partial charge in [0.15, 0.2) is 0 Å². The first-order valence-corrected chi connectivity index (χ1v) is 6.78. The number of carboxylic acids is 1. The lowest BCUT2D eigenvalue weighted by Gasteiger charge is -2.01. The first-order chi connectivity index (χ1) is 7.68. The molecule has 16 heavy (non-hydrogen) atoms. The van der Waals surface area contributed by atoms with E-state index in [-0.39, 0.29) is 6.42 Å². The highest BCUT2D eigenvalue weighted by Crippen LogP contribution is 2.05. The summed E-state index contributed by atoms with van der Waals surface area (Å²) in [6.45, 7) is 0. The lowest BCUT2D eigenvalue weighted by Crippen LogP contribution is -2.02. The fraction of sp³-hybridized carbons (Fsp3) is 0.417. The lowest BCUT2D eigenvalue weighted by molar-refractivity contribution is -0.137. The van der Waals surface area contributed by atoms with Gasteiger partial charge in [0.05, 0.1) is 0 Å². The maximum Gasteiger partial charge on any atom is 0.303 e. The van der Waals surface area contributed by atoms with E-state index in [1.807, 2.05) is 30.3 Å². The minimum atomic E-state index is -0.879. The van der Waals surface area contributed by atoms with Crippen molar-refractivity contribution >= 4 is 16.8 Å². The number of hydrogen-bond acceptors (Lipinski definition) is 2. The zero-order valence-electron chi connectivity index (χ0n) is 9.09. The van der Waals surface area contributed by atoms with E-state index in [0.29, 0.717) is 24.3 Å². The Kier molecular flexibility index (Phi) is 5.78. The van der Waals surface area contributed by atoms with Crippen LogP contribution in [0.2, 0.25) is 0 Å². The number of carbonyl (C=O) groups is 1. The normalized spacial score (nSPS) is 12.2. The molecule has 88 valence electrons. The molecule has 0 amide bonds. The Bertz CT molecular complexity index is 349. The van der Waals surface area contributed by atoms with Gasteiger partial charge in [0.25, 0.3) is 0 Å². The first-order valence-electron chi connectivity index (χ1n) is 5.29. The second-order valence-corrected chi connectivity index (χ2v) is 5.20. The number of unbranched alkanes of at least 4 members (excludes halogenated alkanes) is 1. The summed E-state index contributed by atoms with van der Waals surface area (Å²) < 4.78 is 11.6. The third-order valence-corrected chi connectivity index (χ3v) is 3.58. The van der Waals surface area contributed by atoms with E-state index in [1.165, 1.54) is 0 Å². The number of rotatable bonds is 7. The van der Waals surface area contributed by atoms with Gasteiger partial charge in [-0.1, -0.05) is 30.3 Å². The Morgan fingerprint density at radius 1 is 1.19 bits per heavy atom. The quantitative estimate of drug-likeness (QED) is 0.743. The molecular formula is C12H16O3S. The molecule has 1 unspecified atom stereocenters. The third kappa shape index (κ3) is 5.66. The summed E-state index contributed by atoms with van der Waals surface area (Å²) in [5, 5.41) is 8.44. The van der Waals surface area contributed by atoms with E-state index in [1.54, 1.807) is 0 Å². The van der Waals surface area contributed by atoms with Gasteiger partial charge in [-0.15, -0.1) is 0 Å². The number of carboxylic acid groups (broad SMARTS) is 1. The minimum Gasteiger partial charge on any atom is -0.481 e. The summed E-state index contributed by atoms with van der Waals surface area (Å²) in [6.07, 6.45) is 1.49. The highest BCUT2D eigenvalue weighted by atomic mass is 32.2. The molecule has 1 N–H and O–H groups in total. The molecule has 0 saturated heterocycles. The van der Waals surface area contributed by atoms with Crippen molar-refractivity contribution in [2.24, 2.45) is 0 Å². The van der Waals surface area contributed by atoms with Crippen molar-refractivity contribution in [2.75, 3.05) is 5.75 Å². The average Bonchev–Trinajstić information content (AvgIpc) is 2.25. The number of benzene rings is 1. The van der Waals surface area contributed by atoms with Gasteiger partial charge in [-0.05, 0) is 18.4 Å². The standard InChI is InChI=1S/C12H16O3S/c13-12(14)8-4-5-9-16(15)10-11-6-2-1-3-7-11/h1-3,6-7H,4-5,8-10H2,(H,13,14). The van der Waals surface area contributed by atoms with Crippen molar-refractivity contribution in [3.63, 3.8) is 0 Å². The van der Waals surface area contributed by atoms with Crippen molar-refractivity contribution in [1.82, 2.24) is 0 Å². The SMILES string of the molecule is O=C(O)CCCCS(=O)Cc1ccccc1. The fourth-order valence-electron chi connectivity index (χ4n) is 1.37. The fourth-order valence-corrected chi connectivity index (χ4v) is 2.61. The highest BCUT2D eigenvalue weighted by molar-refractivity contribution is 7.84. The van der Waals surface area contributed by atoms with Crippen molar-refractivity contribution in [1.29, 1.82) is 0 Å². The summed E-state index contributed by atoms with van der Waals surface area (Å²) >= 11 is 0. The summed E-state index contributed by atoms with van der Waals surface area (Å²) in [4.78, 5) is 10.3. The zero-order chi connectivity index (χ0) is 11.8. The molecule has 0 saturated carbocycles. The van der Waals surface area contributed by atoms with E-state index in [2.05, 4.69) is 0 Å². The van der Waals surface area contributed by atoms with Crippen LogP contribution in [0.5, 0.6) is 0 Å². The average molecular weight is 240 g/mol. The largest absolute Gasteiger partial charge is 0.481 e. The molecule has 0 aliphatic heterocycles. The first kappa shape index (κ1) is 12.9. The minimum absolute atomic E-state index is 0.169. The third-order valence-electron chi connectivity index (χ3n) is 2.18. The van der Waals surface area contributed by atoms with Crippen molar-refractivity contribution in [3.05, 3.63) is 35.9 Å². The lowest BCUT2D eigenvalue weighted by atomic mass is 10.2. The molecule has 4 heteroatoms. The summed E-state index contributed by atoms with van der Waals surface area (Å²) in [6, 6.07) is 9.69. The Labute approximate surface area is 98.0 Å². The van der Waals surface area contributed by atoms with E-state index >= 15 is 0 Å². The molecule has 1 rings (SSSR count). The van der Waals surface area contributed by atoms with Gasteiger partial charge in [0, 0.05) is 28.7 Å². The molecule has 0 aliphatic rings. The molecule has 1 aromatic carbocycles. The van der Waals surface area contributed by atoms with Gasteiger partial charge < -0.3 is 5.11 Å². The zero-order valence-corrected chi connectivity index (χ0v) is 9.91. The second-order valence-electron chi connectivity index (χ2n) is 3.62. The van der Waals surface area contributed by atoms with Gasteiger partial charge in [-0.25, -0.2) is 0 Å². The molecule has 0 fully saturated rings. The summed E-state index contributed by atoms with van der Waals surface area (Å²) in [5.41, 5.74) is 1.07. The van der Waals surface area contributed by atoms with Gasteiger partial charge in [0.2, 0.25) is 0 Å². The Hall–Kier alpha value is -1.16. The predicted molar refractivity (Wildman–Crippen MR) is 64.6 cm³/mol. The van der Waals surface area contributed by atoms with Gasteiger partial charge >= 0.3 is 5.97 Å². The number of aliphatic carboxylic acids is 1. The monoisotopic (exact) mass is 240 g/mol. The Balaban J connectivity index is 2.19. The molecular weight excluding hydrogens is 224 g/mol. The van der Waals surface area contributed by atoms with Crippen molar-refractivity contribution in [3.8, 4) is 0 Å². The maximum atomic E-state index is 11.6. The van der Waals surface area contributed by atoms with Crippen molar-refractivity contribution in [2.45, 2.75) is 25.0 Å². The van der Waals surface area contributed by atoms with Gasteiger partial charge in [-0.3, -0.25) is 9.00 Å². The van der Waals surface area contributed by atoms with E-state index < -0.39 is 16.8 Å². The molecule has 0 aliphatic carbocycles.